The lowest BCUT2D eigenvalue weighted by atomic mass is 10.2. The second-order valence-corrected chi connectivity index (χ2v) is 6.20. The molecule has 136 valence electrons. The highest BCUT2D eigenvalue weighted by molar-refractivity contribution is 5.68. The Bertz CT molecular complexity index is 508. The molecule has 0 aromatic carbocycles. The maximum Gasteiger partial charge on any atom is 0.410 e. The molecule has 0 atom stereocenters. The number of hydrogen-bond acceptors (Lipinski definition) is 4. The Morgan fingerprint density at radius 2 is 1.75 bits per heavy atom. The van der Waals surface area contributed by atoms with E-state index in [9.17, 15) is 13.6 Å². The van der Waals surface area contributed by atoms with Crippen LogP contribution < -0.4 is 4.90 Å². The van der Waals surface area contributed by atoms with Gasteiger partial charge in [0.05, 0.1) is 0 Å². The van der Waals surface area contributed by atoms with E-state index in [2.05, 4.69) is 4.98 Å². The van der Waals surface area contributed by atoms with Crippen molar-refractivity contribution in [1.82, 2.24) is 9.88 Å². The predicted octanol–water partition coefficient (Wildman–Crippen LogP) is 4.10. The van der Waals surface area contributed by atoms with Gasteiger partial charge in [-0.3, -0.25) is 0 Å². The second kappa shape index (κ2) is 8.80. The monoisotopic (exact) mass is 343 g/mol. The third-order valence-electron chi connectivity index (χ3n) is 3.28. The average Bonchev–Trinajstić information content (AvgIpc) is 2.55. The van der Waals surface area contributed by atoms with Crippen LogP contribution in [-0.4, -0.2) is 47.8 Å². The number of alkyl halides is 2. The molecule has 0 bridgehead atoms. The molecule has 1 saturated heterocycles. The molecule has 7 heteroatoms. The van der Waals surface area contributed by atoms with Crippen molar-refractivity contribution >= 4 is 11.9 Å². The van der Waals surface area contributed by atoms with Crippen LogP contribution in [0.5, 0.6) is 0 Å². The molecule has 24 heavy (non-hydrogen) atoms. The van der Waals surface area contributed by atoms with Gasteiger partial charge in [0.1, 0.15) is 11.4 Å². The van der Waals surface area contributed by atoms with Gasteiger partial charge in [0.25, 0.3) is 6.43 Å². The molecule has 2 heterocycles. The summed E-state index contributed by atoms with van der Waals surface area (Å²) in [5.74, 6) is 0.647. The van der Waals surface area contributed by atoms with E-state index >= 15 is 0 Å². The highest BCUT2D eigenvalue weighted by Gasteiger charge is 2.26. The third-order valence-corrected chi connectivity index (χ3v) is 3.28. The molecule has 1 aromatic heterocycles. The summed E-state index contributed by atoms with van der Waals surface area (Å²) < 4.78 is 30.3. The fourth-order valence-electron chi connectivity index (χ4n) is 2.16. The molecule has 0 unspecified atom stereocenters. The van der Waals surface area contributed by atoms with Crippen LogP contribution in [0.3, 0.4) is 0 Å². The van der Waals surface area contributed by atoms with Gasteiger partial charge in [0.2, 0.25) is 0 Å². The van der Waals surface area contributed by atoms with E-state index in [1.807, 2.05) is 39.5 Å². The Hall–Kier alpha value is -1.92. The predicted molar refractivity (Wildman–Crippen MR) is 90.6 cm³/mol. The van der Waals surface area contributed by atoms with Crippen molar-refractivity contribution in [1.29, 1.82) is 0 Å². The van der Waals surface area contributed by atoms with E-state index in [4.69, 9.17) is 4.74 Å². The summed E-state index contributed by atoms with van der Waals surface area (Å²) in [6.45, 7) is 11.7. The van der Waals surface area contributed by atoms with Gasteiger partial charge < -0.3 is 14.5 Å². The normalized spacial score (nSPS) is 15.0. The van der Waals surface area contributed by atoms with E-state index in [1.165, 1.54) is 12.3 Å². The summed E-state index contributed by atoms with van der Waals surface area (Å²) in [4.78, 5) is 19.6. The van der Waals surface area contributed by atoms with Crippen molar-refractivity contribution in [2.75, 3.05) is 31.1 Å². The smallest absolute Gasteiger partial charge is 0.410 e. The molecule has 0 saturated carbocycles. The number of amides is 1. The molecule has 1 amide bonds. The van der Waals surface area contributed by atoms with Crippen molar-refractivity contribution in [2.24, 2.45) is 0 Å². The Labute approximate surface area is 142 Å². The van der Waals surface area contributed by atoms with E-state index in [1.54, 1.807) is 11.0 Å². The highest BCUT2D eigenvalue weighted by Crippen LogP contribution is 2.21. The lowest BCUT2D eigenvalue weighted by Gasteiger charge is -2.36. The Morgan fingerprint density at radius 3 is 2.17 bits per heavy atom. The van der Waals surface area contributed by atoms with Gasteiger partial charge in [0.15, 0.2) is 0 Å². The van der Waals surface area contributed by atoms with Gasteiger partial charge in [-0.05, 0) is 32.9 Å². The fourth-order valence-corrected chi connectivity index (χ4v) is 2.16. The average molecular weight is 343 g/mol. The number of hydrogen-bond donors (Lipinski definition) is 0. The number of halogens is 2. The Morgan fingerprint density at radius 1 is 1.17 bits per heavy atom. The van der Waals surface area contributed by atoms with Gasteiger partial charge in [-0.1, -0.05) is 13.8 Å². The molecule has 2 rings (SSSR count). The summed E-state index contributed by atoms with van der Waals surface area (Å²) in [5, 5.41) is 0. The molecule has 0 N–H and O–H groups in total. The van der Waals surface area contributed by atoms with Crippen molar-refractivity contribution in [3.63, 3.8) is 0 Å². The summed E-state index contributed by atoms with van der Waals surface area (Å²) in [6, 6.07) is 2.97. The summed E-state index contributed by atoms with van der Waals surface area (Å²) in [5.41, 5.74) is -0.600. The van der Waals surface area contributed by atoms with E-state index < -0.39 is 12.0 Å². The fraction of sp³-hybridized carbons (Fsp3) is 0.647. The van der Waals surface area contributed by atoms with Gasteiger partial charge in [-0.25, -0.2) is 18.6 Å². The molecular weight excluding hydrogens is 316 g/mol. The van der Waals surface area contributed by atoms with Crippen LogP contribution in [0.1, 0.15) is 46.6 Å². The van der Waals surface area contributed by atoms with Gasteiger partial charge >= 0.3 is 6.09 Å². The molecule has 5 nitrogen and oxygen atoms in total. The minimum atomic E-state index is -2.51. The van der Waals surface area contributed by atoms with Gasteiger partial charge in [-0.2, -0.15) is 0 Å². The number of pyridine rings is 1. The van der Waals surface area contributed by atoms with Crippen LogP contribution >= 0.6 is 0 Å². The molecule has 1 aliphatic rings. The van der Waals surface area contributed by atoms with Crippen molar-refractivity contribution in [2.45, 2.75) is 46.6 Å². The van der Waals surface area contributed by atoms with Gasteiger partial charge in [0, 0.05) is 37.9 Å². The standard InChI is InChI=1S/C15H21F2N3O2.C2H6/c1-15(2,3)22-14(21)20-8-6-19(7-9-20)12-5-4-11(10-18-12)13(16)17;1-2/h4-5,10,13H,6-9H2,1-3H3;1-2H3. The number of aromatic nitrogens is 1. The van der Waals surface area contributed by atoms with Crippen molar-refractivity contribution in [3.05, 3.63) is 23.9 Å². The van der Waals surface area contributed by atoms with Crippen molar-refractivity contribution < 1.29 is 18.3 Å². The number of rotatable bonds is 2. The quantitative estimate of drug-likeness (QED) is 0.811. The highest BCUT2D eigenvalue weighted by atomic mass is 19.3. The lowest BCUT2D eigenvalue weighted by Crippen LogP contribution is -2.50. The topological polar surface area (TPSA) is 45.7 Å². The SMILES string of the molecule is CC.CC(C)(C)OC(=O)N1CCN(c2ccc(C(F)F)cn2)CC1. The molecule has 0 aliphatic carbocycles. The first-order chi connectivity index (χ1) is 11.3. The minimum Gasteiger partial charge on any atom is -0.444 e. The Kier molecular flexibility index (Phi) is 7.38. The summed E-state index contributed by atoms with van der Waals surface area (Å²) in [6.07, 6.45) is -1.64. The van der Waals surface area contributed by atoms with Gasteiger partial charge in [-0.15, -0.1) is 0 Å². The van der Waals surface area contributed by atoms with Crippen molar-refractivity contribution in [3.8, 4) is 0 Å². The molecular formula is C17H27F2N3O2. The van der Waals surface area contributed by atoms with Crippen LogP contribution in [0.25, 0.3) is 0 Å². The molecule has 0 spiro atoms. The molecule has 1 aromatic rings. The van der Waals surface area contributed by atoms with Crippen LogP contribution in [0.2, 0.25) is 0 Å². The van der Waals surface area contributed by atoms with Crippen LogP contribution in [0, 0.1) is 0 Å². The largest absolute Gasteiger partial charge is 0.444 e. The molecule has 1 aliphatic heterocycles. The van der Waals surface area contributed by atoms with E-state index in [0.29, 0.717) is 32.0 Å². The second-order valence-electron chi connectivity index (χ2n) is 6.20. The number of carbonyl (C=O) groups is 1. The maximum absolute atomic E-state index is 12.5. The minimum absolute atomic E-state index is 0.0869. The van der Waals surface area contributed by atoms with Crippen LogP contribution in [0.4, 0.5) is 19.4 Å². The zero-order valence-corrected chi connectivity index (χ0v) is 15.1. The Balaban J connectivity index is 0.00000139. The molecule has 1 fully saturated rings. The number of piperazine rings is 1. The van der Waals surface area contributed by atoms with Crippen LogP contribution in [0.15, 0.2) is 18.3 Å². The van der Waals surface area contributed by atoms with E-state index in [-0.39, 0.29) is 11.7 Å². The number of ether oxygens (including phenoxy) is 1. The lowest BCUT2D eigenvalue weighted by molar-refractivity contribution is 0.0240. The first kappa shape index (κ1) is 20.1. The first-order valence-corrected chi connectivity index (χ1v) is 8.23. The number of carbonyl (C=O) groups excluding carboxylic acids is 1. The summed E-state index contributed by atoms with van der Waals surface area (Å²) >= 11 is 0. The zero-order chi connectivity index (χ0) is 18.3. The number of anilines is 1. The third kappa shape index (κ3) is 5.94. The summed E-state index contributed by atoms with van der Waals surface area (Å²) in [7, 11) is 0. The zero-order valence-electron chi connectivity index (χ0n) is 15.1. The molecule has 0 radical (unpaired) electrons. The number of nitrogens with zero attached hydrogens (tertiary/aromatic N) is 3. The first-order valence-electron chi connectivity index (χ1n) is 8.23. The van der Waals surface area contributed by atoms with E-state index in [0.717, 1.165) is 0 Å². The van der Waals surface area contributed by atoms with Crippen LogP contribution in [-0.2, 0) is 4.74 Å². The maximum atomic E-state index is 12.5.